The molecule has 0 radical (unpaired) electrons. The predicted octanol–water partition coefficient (Wildman–Crippen LogP) is 0.731. The third-order valence-electron chi connectivity index (χ3n) is 2.98. The van der Waals surface area contributed by atoms with Gasteiger partial charge in [-0.1, -0.05) is 6.07 Å². The fraction of sp³-hybridized carbons (Fsp3) is 0.571. The Morgan fingerprint density at radius 3 is 2.90 bits per heavy atom. The maximum absolute atomic E-state index is 5.79. The third-order valence-corrected chi connectivity index (χ3v) is 2.98. The van der Waals surface area contributed by atoms with E-state index >= 15 is 0 Å². The van der Waals surface area contributed by atoms with Crippen LogP contribution in [0.5, 0.6) is 0 Å². The molecule has 0 unspecified atom stereocenters. The standard InChI is InChI=1S/C14H23N5O/c1-11(2)17-14(15)16-10-12-4-3-5-13(18-12)19-6-8-20-9-7-19/h3-5,11H,6-10H2,1-2H3,(H3,15,16,17). The Labute approximate surface area is 120 Å². The zero-order chi connectivity index (χ0) is 14.4. The number of hydrogen-bond donors (Lipinski definition) is 2. The number of pyridine rings is 1. The lowest BCUT2D eigenvalue weighted by molar-refractivity contribution is 0.122. The van der Waals surface area contributed by atoms with E-state index < -0.39 is 0 Å². The molecule has 3 N–H and O–H groups in total. The van der Waals surface area contributed by atoms with Crippen molar-refractivity contribution in [1.82, 2.24) is 10.3 Å². The molecule has 0 atom stereocenters. The fourth-order valence-corrected chi connectivity index (χ4v) is 2.03. The lowest BCUT2D eigenvalue weighted by Gasteiger charge is -2.27. The van der Waals surface area contributed by atoms with Crippen LogP contribution in [0.4, 0.5) is 5.82 Å². The summed E-state index contributed by atoms with van der Waals surface area (Å²) in [6.07, 6.45) is 0. The topological polar surface area (TPSA) is 75.8 Å². The first-order valence-electron chi connectivity index (χ1n) is 7.00. The molecule has 1 aromatic rings. The molecule has 1 aliphatic heterocycles. The maximum atomic E-state index is 5.79. The Balaban J connectivity index is 1.98. The van der Waals surface area contributed by atoms with Gasteiger partial charge in [0, 0.05) is 19.1 Å². The van der Waals surface area contributed by atoms with Crippen LogP contribution in [0.3, 0.4) is 0 Å². The Morgan fingerprint density at radius 1 is 1.45 bits per heavy atom. The van der Waals surface area contributed by atoms with E-state index in [2.05, 4.69) is 20.2 Å². The van der Waals surface area contributed by atoms with Gasteiger partial charge in [-0.05, 0) is 26.0 Å². The molecule has 20 heavy (non-hydrogen) atoms. The fourth-order valence-electron chi connectivity index (χ4n) is 2.03. The molecule has 2 heterocycles. The second-order valence-electron chi connectivity index (χ2n) is 5.09. The summed E-state index contributed by atoms with van der Waals surface area (Å²) in [7, 11) is 0. The number of ether oxygens (including phenoxy) is 1. The van der Waals surface area contributed by atoms with E-state index in [0.29, 0.717) is 12.5 Å². The van der Waals surface area contributed by atoms with Crippen LogP contribution >= 0.6 is 0 Å². The minimum absolute atomic E-state index is 0.284. The van der Waals surface area contributed by atoms with Crippen molar-refractivity contribution >= 4 is 11.8 Å². The summed E-state index contributed by atoms with van der Waals surface area (Å²) in [4.78, 5) is 11.2. The number of aromatic nitrogens is 1. The van der Waals surface area contributed by atoms with Crippen molar-refractivity contribution in [2.75, 3.05) is 31.2 Å². The van der Waals surface area contributed by atoms with E-state index in [4.69, 9.17) is 10.5 Å². The molecule has 110 valence electrons. The average molecular weight is 277 g/mol. The second kappa shape index (κ2) is 7.09. The molecule has 6 nitrogen and oxygen atoms in total. The number of morpholine rings is 1. The highest BCUT2D eigenvalue weighted by atomic mass is 16.5. The van der Waals surface area contributed by atoms with Crippen molar-refractivity contribution < 1.29 is 4.74 Å². The molecule has 6 heteroatoms. The summed E-state index contributed by atoms with van der Waals surface area (Å²) >= 11 is 0. The number of rotatable bonds is 4. The van der Waals surface area contributed by atoms with Crippen molar-refractivity contribution in [3.05, 3.63) is 23.9 Å². The minimum atomic E-state index is 0.284. The summed E-state index contributed by atoms with van der Waals surface area (Å²) in [6, 6.07) is 6.28. The minimum Gasteiger partial charge on any atom is -0.378 e. The number of aliphatic imine (C=N–C) groups is 1. The van der Waals surface area contributed by atoms with Crippen molar-refractivity contribution in [2.24, 2.45) is 10.7 Å². The van der Waals surface area contributed by atoms with Crippen LogP contribution in [-0.4, -0.2) is 43.3 Å². The van der Waals surface area contributed by atoms with Crippen LogP contribution in [-0.2, 0) is 11.3 Å². The number of nitrogens with zero attached hydrogens (tertiary/aromatic N) is 3. The highest BCUT2D eigenvalue weighted by Crippen LogP contribution is 2.13. The van der Waals surface area contributed by atoms with Gasteiger partial charge in [0.2, 0.25) is 0 Å². The highest BCUT2D eigenvalue weighted by molar-refractivity contribution is 5.78. The van der Waals surface area contributed by atoms with E-state index in [1.807, 2.05) is 32.0 Å². The number of hydrogen-bond acceptors (Lipinski definition) is 4. The van der Waals surface area contributed by atoms with Crippen molar-refractivity contribution in [1.29, 1.82) is 0 Å². The van der Waals surface area contributed by atoms with Crippen LogP contribution in [0, 0.1) is 0 Å². The van der Waals surface area contributed by atoms with Gasteiger partial charge in [-0.2, -0.15) is 0 Å². The Bertz CT molecular complexity index is 455. The molecule has 0 saturated carbocycles. The Kier molecular flexibility index (Phi) is 5.17. The van der Waals surface area contributed by atoms with Gasteiger partial charge in [0.05, 0.1) is 25.5 Å². The summed E-state index contributed by atoms with van der Waals surface area (Å²) < 4.78 is 5.35. The lowest BCUT2D eigenvalue weighted by atomic mass is 10.3. The molecule has 1 fully saturated rings. The van der Waals surface area contributed by atoms with E-state index in [9.17, 15) is 0 Å². The smallest absolute Gasteiger partial charge is 0.189 e. The Morgan fingerprint density at radius 2 is 2.20 bits per heavy atom. The molecular formula is C14H23N5O. The van der Waals surface area contributed by atoms with Gasteiger partial charge in [-0.3, -0.25) is 0 Å². The summed E-state index contributed by atoms with van der Waals surface area (Å²) in [5.74, 6) is 1.44. The maximum Gasteiger partial charge on any atom is 0.189 e. The molecule has 0 bridgehead atoms. The van der Waals surface area contributed by atoms with Gasteiger partial charge < -0.3 is 20.7 Å². The number of nitrogens with two attached hydrogens (primary N) is 1. The molecule has 0 aromatic carbocycles. The van der Waals surface area contributed by atoms with E-state index in [0.717, 1.165) is 37.8 Å². The van der Waals surface area contributed by atoms with Crippen LogP contribution in [0.1, 0.15) is 19.5 Å². The summed E-state index contributed by atoms with van der Waals surface area (Å²) in [6.45, 7) is 7.83. The zero-order valence-electron chi connectivity index (χ0n) is 12.2. The van der Waals surface area contributed by atoms with Gasteiger partial charge in [-0.15, -0.1) is 0 Å². The third kappa shape index (κ3) is 4.38. The van der Waals surface area contributed by atoms with E-state index in [1.54, 1.807) is 0 Å². The summed E-state index contributed by atoms with van der Waals surface area (Å²) in [5, 5.41) is 3.06. The molecule has 0 spiro atoms. The van der Waals surface area contributed by atoms with Crippen molar-refractivity contribution in [3.8, 4) is 0 Å². The van der Waals surface area contributed by atoms with Gasteiger partial charge >= 0.3 is 0 Å². The normalized spacial score (nSPS) is 16.6. The largest absolute Gasteiger partial charge is 0.378 e. The summed E-state index contributed by atoms with van der Waals surface area (Å²) in [5.41, 5.74) is 6.71. The lowest BCUT2D eigenvalue weighted by Crippen LogP contribution is -2.37. The molecule has 1 aromatic heterocycles. The molecule has 0 amide bonds. The van der Waals surface area contributed by atoms with E-state index in [1.165, 1.54) is 0 Å². The highest BCUT2D eigenvalue weighted by Gasteiger charge is 2.12. The second-order valence-corrected chi connectivity index (χ2v) is 5.09. The van der Waals surface area contributed by atoms with Gasteiger partial charge in [-0.25, -0.2) is 9.98 Å². The SMILES string of the molecule is CC(C)NC(N)=NCc1cccc(N2CCOCC2)n1. The number of guanidine groups is 1. The average Bonchev–Trinajstić information content (AvgIpc) is 2.46. The van der Waals surface area contributed by atoms with Gasteiger partial charge in [0.1, 0.15) is 5.82 Å². The first kappa shape index (κ1) is 14.6. The molecule has 2 rings (SSSR count). The molecular weight excluding hydrogens is 254 g/mol. The predicted molar refractivity (Wildman–Crippen MR) is 80.9 cm³/mol. The monoisotopic (exact) mass is 277 g/mol. The van der Waals surface area contributed by atoms with E-state index in [-0.39, 0.29) is 6.04 Å². The Hall–Kier alpha value is -1.82. The first-order chi connectivity index (χ1) is 9.65. The number of anilines is 1. The number of nitrogens with one attached hydrogen (secondary N) is 1. The van der Waals surface area contributed by atoms with Gasteiger partial charge in [0.15, 0.2) is 5.96 Å². The zero-order valence-corrected chi connectivity index (χ0v) is 12.2. The van der Waals surface area contributed by atoms with Crippen LogP contribution in [0.2, 0.25) is 0 Å². The first-order valence-corrected chi connectivity index (χ1v) is 7.00. The molecule has 0 aliphatic carbocycles. The van der Waals surface area contributed by atoms with Crippen LogP contribution in [0.15, 0.2) is 23.2 Å². The van der Waals surface area contributed by atoms with Crippen molar-refractivity contribution in [3.63, 3.8) is 0 Å². The van der Waals surface area contributed by atoms with Crippen LogP contribution in [0.25, 0.3) is 0 Å². The molecule has 1 saturated heterocycles. The molecule has 1 aliphatic rings. The van der Waals surface area contributed by atoms with Crippen LogP contribution < -0.4 is 16.0 Å². The van der Waals surface area contributed by atoms with Crippen molar-refractivity contribution in [2.45, 2.75) is 26.4 Å². The quantitative estimate of drug-likeness (QED) is 0.627. The van der Waals surface area contributed by atoms with Gasteiger partial charge in [0.25, 0.3) is 0 Å².